The van der Waals surface area contributed by atoms with Crippen molar-refractivity contribution in [3.8, 4) is 11.1 Å². The smallest absolute Gasteiger partial charge is 0.298 e. The van der Waals surface area contributed by atoms with Gasteiger partial charge in [-0.25, -0.2) is 0 Å². The number of hydrogen-bond donors (Lipinski definition) is 1. The molecule has 1 aliphatic heterocycles. The van der Waals surface area contributed by atoms with Crippen LogP contribution >= 0.6 is 12.2 Å². The molecule has 0 spiro atoms. The number of nitrogens with one attached hydrogen (secondary N) is 1. The number of rotatable bonds is 4. The number of hydrogen-bond acceptors (Lipinski definition) is 3. The van der Waals surface area contributed by atoms with Gasteiger partial charge in [0.1, 0.15) is 5.57 Å². The van der Waals surface area contributed by atoms with Crippen LogP contribution in [0.2, 0.25) is 0 Å². The van der Waals surface area contributed by atoms with Gasteiger partial charge in [0.2, 0.25) is 0 Å². The lowest BCUT2D eigenvalue weighted by Crippen LogP contribution is -2.53. The van der Waals surface area contributed by atoms with Crippen LogP contribution in [0.15, 0.2) is 66.8 Å². The molecular weight excluding hydrogens is 401 g/mol. The first kappa shape index (κ1) is 20.5. The van der Waals surface area contributed by atoms with Gasteiger partial charge >= 0.3 is 6.18 Å². The Morgan fingerprint density at radius 2 is 1.76 bits per heavy atom. The van der Waals surface area contributed by atoms with Gasteiger partial charge in [-0.15, -0.1) is 6.58 Å². The zero-order chi connectivity index (χ0) is 21.2. The number of alkyl halides is 3. The van der Waals surface area contributed by atoms with Crippen LogP contribution in [0.1, 0.15) is 11.1 Å². The lowest BCUT2D eigenvalue weighted by Gasteiger charge is -2.27. The first-order valence-electron chi connectivity index (χ1n) is 8.48. The fourth-order valence-corrected chi connectivity index (χ4v) is 3.05. The van der Waals surface area contributed by atoms with E-state index in [1.54, 1.807) is 30.3 Å². The minimum absolute atomic E-state index is 0.0111. The van der Waals surface area contributed by atoms with Crippen LogP contribution in [0, 0.1) is 0 Å². The summed E-state index contributed by atoms with van der Waals surface area (Å²) in [4.78, 5) is 25.9. The zero-order valence-corrected chi connectivity index (χ0v) is 15.8. The maximum atomic E-state index is 12.9. The third-order valence-corrected chi connectivity index (χ3v) is 4.56. The van der Waals surface area contributed by atoms with E-state index in [0.29, 0.717) is 16.7 Å². The molecule has 1 aliphatic rings. The molecule has 1 saturated heterocycles. The number of halogens is 3. The Hall–Kier alpha value is -3.26. The molecule has 1 heterocycles. The predicted molar refractivity (Wildman–Crippen MR) is 108 cm³/mol. The van der Waals surface area contributed by atoms with E-state index < -0.39 is 23.6 Å². The number of thiocarbonyl (C=S) groups is 1. The van der Waals surface area contributed by atoms with Gasteiger partial charge in [0.05, 0.1) is 5.56 Å². The molecule has 29 heavy (non-hydrogen) atoms. The standard InChI is InChI=1S/C21H15F3N2O2S/c1-2-10-26-19(28)17(18(27)25-20(26)29)11-13-6-8-14(9-7-13)15-4-3-5-16(12-15)21(22,23)24/h2-9,11-12H,1,10H2,(H,25,27,29). The summed E-state index contributed by atoms with van der Waals surface area (Å²) >= 11 is 4.99. The summed E-state index contributed by atoms with van der Waals surface area (Å²) in [6.07, 6.45) is -1.53. The van der Waals surface area contributed by atoms with E-state index in [9.17, 15) is 22.8 Å². The van der Waals surface area contributed by atoms with Crippen LogP contribution in [0.25, 0.3) is 17.2 Å². The van der Waals surface area contributed by atoms with Gasteiger partial charge < -0.3 is 0 Å². The second-order valence-corrected chi connectivity index (χ2v) is 6.61. The molecule has 0 saturated carbocycles. The van der Waals surface area contributed by atoms with Gasteiger partial charge in [-0.05, 0) is 47.1 Å². The fraction of sp³-hybridized carbons (Fsp3) is 0.0952. The van der Waals surface area contributed by atoms with Crippen molar-refractivity contribution in [1.82, 2.24) is 10.2 Å². The highest BCUT2D eigenvalue weighted by atomic mass is 32.1. The predicted octanol–water partition coefficient (Wildman–Crippen LogP) is 4.19. The molecule has 0 aliphatic carbocycles. The molecule has 1 N–H and O–H groups in total. The Morgan fingerprint density at radius 3 is 2.38 bits per heavy atom. The molecule has 2 amide bonds. The summed E-state index contributed by atoms with van der Waals surface area (Å²) in [5.41, 5.74) is 0.710. The Bertz CT molecular complexity index is 1030. The molecule has 4 nitrogen and oxygen atoms in total. The lowest BCUT2D eigenvalue weighted by atomic mass is 10.0. The highest BCUT2D eigenvalue weighted by molar-refractivity contribution is 7.80. The van der Waals surface area contributed by atoms with Gasteiger partial charge in [0, 0.05) is 6.54 Å². The number of benzene rings is 2. The molecule has 148 valence electrons. The zero-order valence-electron chi connectivity index (χ0n) is 15.0. The van der Waals surface area contributed by atoms with E-state index in [4.69, 9.17) is 12.2 Å². The first-order valence-corrected chi connectivity index (χ1v) is 8.89. The van der Waals surface area contributed by atoms with Crippen molar-refractivity contribution in [2.24, 2.45) is 0 Å². The van der Waals surface area contributed by atoms with Crippen molar-refractivity contribution in [1.29, 1.82) is 0 Å². The van der Waals surface area contributed by atoms with E-state index in [0.717, 1.165) is 12.1 Å². The maximum Gasteiger partial charge on any atom is 0.416 e. The summed E-state index contributed by atoms with van der Waals surface area (Å²) in [6.45, 7) is 3.71. The summed E-state index contributed by atoms with van der Waals surface area (Å²) < 4.78 is 38.7. The van der Waals surface area contributed by atoms with Crippen LogP contribution in [0.4, 0.5) is 13.2 Å². The second-order valence-electron chi connectivity index (χ2n) is 6.22. The molecule has 0 unspecified atom stereocenters. The van der Waals surface area contributed by atoms with E-state index in [1.807, 2.05) is 0 Å². The van der Waals surface area contributed by atoms with E-state index in [-0.39, 0.29) is 17.2 Å². The van der Waals surface area contributed by atoms with Crippen LogP contribution < -0.4 is 5.32 Å². The average molecular weight is 416 g/mol. The molecule has 0 bridgehead atoms. The lowest BCUT2D eigenvalue weighted by molar-refractivity contribution is -0.137. The van der Waals surface area contributed by atoms with E-state index >= 15 is 0 Å². The maximum absolute atomic E-state index is 12.9. The third kappa shape index (κ3) is 4.43. The van der Waals surface area contributed by atoms with Crippen LogP contribution in [0.5, 0.6) is 0 Å². The van der Waals surface area contributed by atoms with Crippen LogP contribution in [-0.2, 0) is 15.8 Å². The van der Waals surface area contributed by atoms with Gasteiger partial charge in [0.15, 0.2) is 5.11 Å². The minimum Gasteiger partial charge on any atom is -0.298 e. The Kier molecular flexibility index (Phi) is 5.65. The van der Waals surface area contributed by atoms with E-state index in [2.05, 4.69) is 11.9 Å². The molecule has 0 radical (unpaired) electrons. The number of nitrogens with zero attached hydrogens (tertiary/aromatic N) is 1. The topological polar surface area (TPSA) is 49.4 Å². The molecule has 1 fully saturated rings. The number of amides is 2. The highest BCUT2D eigenvalue weighted by Crippen LogP contribution is 2.32. The van der Waals surface area contributed by atoms with Crippen molar-refractivity contribution in [3.05, 3.63) is 77.9 Å². The Labute approximate surface area is 170 Å². The van der Waals surface area contributed by atoms with Gasteiger partial charge in [-0.3, -0.25) is 19.8 Å². The molecular formula is C21H15F3N2O2S. The fourth-order valence-electron chi connectivity index (χ4n) is 2.80. The van der Waals surface area contributed by atoms with Crippen molar-refractivity contribution < 1.29 is 22.8 Å². The quantitative estimate of drug-likeness (QED) is 0.352. The summed E-state index contributed by atoms with van der Waals surface area (Å²) in [6, 6.07) is 11.5. The Morgan fingerprint density at radius 1 is 1.07 bits per heavy atom. The second kappa shape index (κ2) is 8.00. The highest BCUT2D eigenvalue weighted by Gasteiger charge is 2.32. The Balaban J connectivity index is 1.89. The van der Waals surface area contributed by atoms with Gasteiger partial charge in [-0.1, -0.05) is 42.5 Å². The molecule has 3 rings (SSSR count). The molecule has 8 heteroatoms. The first-order chi connectivity index (χ1) is 13.7. The normalized spacial score (nSPS) is 16.2. The van der Waals surface area contributed by atoms with Crippen molar-refractivity contribution in [2.75, 3.05) is 6.54 Å². The van der Waals surface area contributed by atoms with Crippen LogP contribution in [0.3, 0.4) is 0 Å². The van der Waals surface area contributed by atoms with Gasteiger partial charge in [-0.2, -0.15) is 13.2 Å². The summed E-state index contributed by atoms with van der Waals surface area (Å²) in [7, 11) is 0. The van der Waals surface area contributed by atoms with Gasteiger partial charge in [0.25, 0.3) is 11.8 Å². The molecule has 0 atom stereocenters. The molecule has 2 aromatic carbocycles. The monoisotopic (exact) mass is 416 g/mol. The number of carbonyl (C=O) groups excluding carboxylic acids is 2. The largest absolute Gasteiger partial charge is 0.416 e. The van der Waals surface area contributed by atoms with Crippen molar-refractivity contribution >= 4 is 35.2 Å². The molecule has 0 aromatic heterocycles. The van der Waals surface area contributed by atoms with Crippen molar-refractivity contribution in [2.45, 2.75) is 6.18 Å². The number of carbonyl (C=O) groups is 2. The summed E-state index contributed by atoms with van der Waals surface area (Å²) in [5, 5.41) is 2.46. The van der Waals surface area contributed by atoms with Crippen molar-refractivity contribution in [3.63, 3.8) is 0 Å². The van der Waals surface area contributed by atoms with E-state index in [1.165, 1.54) is 23.1 Å². The summed E-state index contributed by atoms with van der Waals surface area (Å²) in [5.74, 6) is -1.15. The average Bonchev–Trinajstić information content (AvgIpc) is 2.68. The SMILES string of the molecule is C=CCN1C(=O)C(=Cc2ccc(-c3cccc(C(F)(F)F)c3)cc2)C(=O)NC1=S. The van der Waals surface area contributed by atoms with Crippen LogP contribution in [-0.4, -0.2) is 28.4 Å². The third-order valence-electron chi connectivity index (χ3n) is 4.24. The molecule has 2 aromatic rings. The minimum atomic E-state index is -4.42.